The van der Waals surface area contributed by atoms with E-state index in [1.54, 1.807) is 12.1 Å². The van der Waals surface area contributed by atoms with Crippen LogP contribution in [0.2, 0.25) is 0 Å². The number of alkyl halides is 1. The van der Waals surface area contributed by atoms with Crippen LogP contribution in [-0.2, 0) is 10.1 Å². The van der Waals surface area contributed by atoms with Crippen LogP contribution < -0.4 is 4.74 Å². The maximum atomic E-state index is 11.5. The fraction of sp³-hybridized carbons (Fsp3) is 0.273. The lowest BCUT2D eigenvalue weighted by molar-refractivity contribution is 0.0596. The van der Waals surface area contributed by atoms with Gasteiger partial charge in [-0.3, -0.25) is 0 Å². The Balaban J connectivity index is 3.45. The van der Waals surface area contributed by atoms with Crippen LogP contribution in [0.1, 0.15) is 21.5 Å². The van der Waals surface area contributed by atoms with E-state index >= 15 is 0 Å². The number of ether oxygens (including phenoxy) is 2. The zero-order valence-corrected chi connectivity index (χ0v) is 10.5. The van der Waals surface area contributed by atoms with Crippen LogP contribution in [0.4, 0.5) is 0 Å². The fourth-order valence-electron chi connectivity index (χ4n) is 1.31. The molecule has 1 rings (SSSR count). The third kappa shape index (κ3) is 2.34. The first-order valence-electron chi connectivity index (χ1n) is 4.43. The summed E-state index contributed by atoms with van der Waals surface area (Å²) in [5.74, 6) is -0.227. The number of methoxy groups -OCH3 is 2. The summed E-state index contributed by atoms with van der Waals surface area (Å²) in [6.07, 6.45) is 0. The number of nitrogens with zero attached hydrogens (tertiary/aromatic N) is 1. The second-order valence-corrected chi connectivity index (χ2v) is 3.52. The summed E-state index contributed by atoms with van der Waals surface area (Å²) in [5, 5.41) is 9.56. The van der Waals surface area contributed by atoms with Crippen molar-refractivity contribution in [2.24, 2.45) is 0 Å². The Morgan fingerprint density at radius 1 is 1.50 bits per heavy atom. The van der Waals surface area contributed by atoms with Gasteiger partial charge in [-0.2, -0.15) is 5.26 Å². The number of carbonyl (C=O) groups excluding carboxylic acids is 1. The second kappa shape index (κ2) is 5.52. The number of benzene rings is 1. The van der Waals surface area contributed by atoms with E-state index in [9.17, 15) is 4.79 Å². The minimum absolute atomic E-state index is 0.164. The van der Waals surface area contributed by atoms with Crippen LogP contribution in [-0.4, -0.2) is 20.2 Å². The Bertz CT molecular complexity index is 451. The summed E-state index contributed by atoms with van der Waals surface area (Å²) in [5.41, 5.74) is 1.28. The Morgan fingerprint density at radius 2 is 2.19 bits per heavy atom. The SMILES string of the molecule is COC(=O)c1c(C#N)cc(CBr)cc1OC. The summed E-state index contributed by atoms with van der Waals surface area (Å²) >= 11 is 3.28. The minimum atomic E-state index is -0.575. The van der Waals surface area contributed by atoms with Gasteiger partial charge in [0.1, 0.15) is 17.4 Å². The number of rotatable bonds is 3. The van der Waals surface area contributed by atoms with E-state index in [0.717, 1.165) is 5.56 Å². The van der Waals surface area contributed by atoms with E-state index in [4.69, 9.17) is 10.00 Å². The monoisotopic (exact) mass is 283 g/mol. The molecule has 0 fully saturated rings. The lowest BCUT2D eigenvalue weighted by Gasteiger charge is -2.10. The number of nitriles is 1. The predicted molar refractivity (Wildman–Crippen MR) is 61.7 cm³/mol. The van der Waals surface area contributed by atoms with Gasteiger partial charge in [-0.15, -0.1) is 0 Å². The first kappa shape index (κ1) is 12.5. The molecule has 0 aromatic heterocycles. The van der Waals surface area contributed by atoms with Gasteiger partial charge in [-0.25, -0.2) is 4.79 Å². The van der Waals surface area contributed by atoms with E-state index in [-0.39, 0.29) is 11.1 Å². The number of halogens is 1. The Labute approximate surface area is 102 Å². The Hall–Kier alpha value is -1.54. The van der Waals surface area contributed by atoms with Crippen molar-refractivity contribution in [2.75, 3.05) is 14.2 Å². The van der Waals surface area contributed by atoms with Crippen LogP contribution in [0, 0.1) is 11.3 Å². The number of hydrogen-bond donors (Lipinski definition) is 0. The molecule has 0 spiro atoms. The molecule has 0 aliphatic rings. The van der Waals surface area contributed by atoms with Crippen molar-refractivity contribution in [1.29, 1.82) is 5.26 Å². The molecule has 0 amide bonds. The van der Waals surface area contributed by atoms with Crippen LogP contribution in [0.25, 0.3) is 0 Å². The van der Waals surface area contributed by atoms with Crippen molar-refractivity contribution in [3.63, 3.8) is 0 Å². The van der Waals surface area contributed by atoms with Gasteiger partial charge in [-0.1, -0.05) is 15.9 Å². The highest BCUT2D eigenvalue weighted by molar-refractivity contribution is 9.08. The molecule has 0 N–H and O–H groups in total. The highest BCUT2D eigenvalue weighted by Crippen LogP contribution is 2.26. The van der Waals surface area contributed by atoms with Gasteiger partial charge >= 0.3 is 5.97 Å². The molecule has 0 unspecified atom stereocenters. The molecule has 5 heteroatoms. The first-order valence-corrected chi connectivity index (χ1v) is 5.55. The third-order valence-corrected chi connectivity index (χ3v) is 2.69. The van der Waals surface area contributed by atoms with Gasteiger partial charge in [-0.05, 0) is 17.7 Å². The average molecular weight is 284 g/mol. The van der Waals surface area contributed by atoms with Crippen molar-refractivity contribution in [1.82, 2.24) is 0 Å². The molecule has 0 radical (unpaired) electrons. The smallest absolute Gasteiger partial charge is 0.343 e. The summed E-state index contributed by atoms with van der Waals surface area (Å²) < 4.78 is 9.69. The predicted octanol–water partition coefficient (Wildman–Crippen LogP) is 2.25. The maximum Gasteiger partial charge on any atom is 0.343 e. The summed E-state index contributed by atoms with van der Waals surface area (Å²) in [6, 6.07) is 5.28. The number of carbonyl (C=O) groups is 1. The highest BCUT2D eigenvalue weighted by Gasteiger charge is 2.19. The van der Waals surface area contributed by atoms with Gasteiger partial charge in [0, 0.05) is 5.33 Å². The maximum absolute atomic E-state index is 11.5. The molecule has 0 saturated heterocycles. The molecule has 16 heavy (non-hydrogen) atoms. The van der Waals surface area contributed by atoms with Crippen molar-refractivity contribution >= 4 is 21.9 Å². The molecule has 0 saturated carbocycles. The van der Waals surface area contributed by atoms with Crippen molar-refractivity contribution in [3.05, 3.63) is 28.8 Å². The standard InChI is InChI=1S/C11H10BrNO3/c1-15-9-4-7(5-12)3-8(6-13)10(9)11(14)16-2/h3-4H,5H2,1-2H3. The van der Waals surface area contributed by atoms with E-state index in [2.05, 4.69) is 20.7 Å². The summed E-state index contributed by atoms with van der Waals surface area (Å²) in [6.45, 7) is 0. The Morgan fingerprint density at radius 3 is 2.62 bits per heavy atom. The topological polar surface area (TPSA) is 59.3 Å². The van der Waals surface area contributed by atoms with Gasteiger partial charge in [0.25, 0.3) is 0 Å². The number of hydrogen-bond acceptors (Lipinski definition) is 4. The molecule has 84 valence electrons. The van der Waals surface area contributed by atoms with Crippen molar-refractivity contribution in [2.45, 2.75) is 5.33 Å². The lowest BCUT2D eigenvalue weighted by Crippen LogP contribution is -2.07. The van der Waals surface area contributed by atoms with Crippen molar-refractivity contribution in [3.8, 4) is 11.8 Å². The van der Waals surface area contributed by atoms with Crippen LogP contribution in [0.15, 0.2) is 12.1 Å². The highest BCUT2D eigenvalue weighted by atomic mass is 79.9. The largest absolute Gasteiger partial charge is 0.496 e. The van der Waals surface area contributed by atoms with Crippen molar-refractivity contribution < 1.29 is 14.3 Å². The molecule has 0 heterocycles. The molecule has 4 nitrogen and oxygen atoms in total. The minimum Gasteiger partial charge on any atom is -0.496 e. The molecule has 0 atom stereocenters. The summed E-state index contributed by atoms with van der Waals surface area (Å²) in [7, 11) is 2.71. The average Bonchev–Trinajstić information content (AvgIpc) is 2.35. The first-order chi connectivity index (χ1) is 7.67. The van der Waals surface area contributed by atoms with E-state index < -0.39 is 5.97 Å². The van der Waals surface area contributed by atoms with Gasteiger partial charge in [0.05, 0.1) is 19.8 Å². The molecule has 0 aliphatic heterocycles. The molecule has 1 aromatic rings. The zero-order chi connectivity index (χ0) is 12.1. The van der Waals surface area contributed by atoms with Gasteiger partial charge in [0.2, 0.25) is 0 Å². The number of esters is 1. The summed E-state index contributed by atoms with van der Waals surface area (Å²) in [4.78, 5) is 11.5. The van der Waals surface area contributed by atoms with Gasteiger partial charge < -0.3 is 9.47 Å². The third-order valence-electron chi connectivity index (χ3n) is 2.05. The van der Waals surface area contributed by atoms with Gasteiger partial charge in [0.15, 0.2) is 0 Å². The van der Waals surface area contributed by atoms with Crippen LogP contribution in [0.5, 0.6) is 5.75 Å². The van der Waals surface area contributed by atoms with E-state index in [1.165, 1.54) is 14.2 Å². The fourth-order valence-corrected chi connectivity index (χ4v) is 1.64. The zero-order valence-electron chi connectivity index (χ0n) is 8.91. The molecule has 0 bridgehead atoms. The van der Waals surface area contributed by atoms with E-state index in [0.29, 0.717) is 11.1 Å². The normalized spacial score (nSPS) is 9.38. The molecular formula is C11H10BrNO3. The molecule has 1 aromatic carbocycles. The molecular weight excluding hydrogens is 274 g/mol. The van der Waals surface area contributed by atoms with Crippen LogP contribution >= 0.6 is 15.9 Å². The van der Waals surface area contributed by atoms with Crippen LogP contribution in [0.3, 0.4) is 0 Å². The lowest BCUT2D eigenvalue weighted by atomic mass is 10.0. The second-order valence-electron chi connectivity index (χ2n) is 2.96. The molecule has 0 aliphatic carbocycles. The van der Waals surface area contributed by atoms with E-state index in [1.807, 2.05) is 6.07 Å². The Kier molecular flexibility index (Phi) is 4.32. The quantitative estimate of drug-likeness (QED) is 0.631.